The molecule has 0 unspecified atom stereocenters. The second-order valence-corrected chi connectivity index (χ2v) is 4.95. The van der Waals surface area contributed by atoms with Crippen LogP contribution in [0.25, 0.3) is 22.5 Å². The van der Waals surface area contributed by atoms with Crippen molar-refractivity contribution in [2.75, 3.05) is 0 Å². The molecule has 1 heterocycles. The molecule has 2 N–H and O–H groups in total. The van der Waals surface area contributed by atoms with Gasteiger partial charge in [0.05, 0.1) is 11.4 Å². The average Bonchev–Trinajstić information content (AvgIpc) is 2.48. The van der Waals surface area contributed by atoms with Crippen LogP contribution in [0.2, 0.25) is 5.02 Å². The minimum absolute atomic E-state index is 0.0985. The van der Waals surface area contributed by atoms with Crippen molar-refractivity contribution in [3.8, 4) is 28.3 Å². The molecule has 0 radical (unpaired) electrons. The van der Waals surface area contributed by atoms with Gasteiger partial charge in [-0.15, -0.1) is 0 Å². The van der Waals surface area contributed by atoms with E-state index in [-0.39, 0.29) is 5.75 Å². The number of rotatable bonds is 2. The lowest BCUT2D eigenvalue weighted by Crippen LogP contribution is -2.11. The van der Waals surface area contributed by atoms with Gasteiger partial charge in [-0.25, -0.2) is 4.79 Å². The number of halogens is 1. The molecule has 0 saturated heterocycles. The molecule has 0 amide bonds. The van der Waals surface area contributed by atoms with Gasteiger partial charge in [-0.05, 0) is 30.3 Å². The maximum Gasteiger partial charge on any atom is 0.345 e. The van der Waals surface area contributed by atoms with Crippen LogP contribution in [0.5, 0.6) is 5.75 Å². The summed E-state index contributed by atoms with van der Waals surface area (Å²) in [4.78, 5) is 18.3. The van der Waals surface area contributed by atoms with Gasteiger partial charge >= 0.3 is 5.69 Å². The lowest BCUT2D eigenvalue weighted by atomic mass is 10.1. The third kappa shape index (κ3) is 2.80. The Kier molecular flexibility index (Phi) is 3.46. The first-order valence-corrected chi connectivity index (χ1v) is 6.67. The summed E-state index contributed by atoms with van der Waals surface area (Å²) >= 11 is 5.86. The van der Waals surface area contributed by atoms with Crippen molar-refractivity contribution < 1.29 is 5.11 Å². The minimum atomic E-state index is -0.472. The Bertz CT molecular complexity index is 841. The molecule has 5 heteroatoms. The van der Waals surface area contributed by atoms with Gasteiger partial charge in [0.15, 0.2) is 0 Å². The van der Waals surface area contributed by atoms with Crippen molar-refractivity contribution in [2.24, 2.45) is 0 Å². The highest BCUT2D eigenvalue weighted by atomic mass is 35.5. The largest absolute Gasteiger partial charge is 0.507 e. The summed E-state index contributed by atoms with van der Waals surface area (Å²) < 4.78 is 0. The number of H-pyrrole nitrogens is 1. The number of hydrogen-bond donors (Lipinski definition) is 2. The molecule has 0 aliphatic rings. The van der Waals surface area contributed by atoms with Crippen LogP contribution < -0.4 is 5.69 Å². The normalized spacial score (nSPS) is 10.5. The molecule has 2 aromatic carbocycles. The van der Waals surface area contributed by atoms with E-state index in [4.69, 9.17) is 11.6 Å². The molecule has 0 bridgehead atoms. The summed E-state index contributed by atoms with van der Waals surface area (Å²) in [6.45, 7) is 0. The van der Waals surface area contributed by atoms with Crippen LogP contribution in [0.1, 0.15) is 0 Å². The van der Waals surface area contributed by atoms with E-state index in [2.05, 4.69) is 9.97 Å². The lowest BCUT2D eigenvalue weighted by Gasteiger charge is -2.06. The first kappa shape index (κ1) is 13.4. The van der Waals surface area contributed by atoms with Gasteiger partial charge in [0.25, 0.3) is 0 Å². The molecule has 0 aliphatic heterocycles. The quantitative estimate of drug-likeness (QED) is 0.761. The number of aromatic nitrogens is 2. The molecule has 0 atom stereocenters. The maximum atomic E-state index is 11.8. The summed E-state index contributed by atoms with van der Waals surface area (Å²) in [7, 11) is 0. The molecule has 0 spiro atoms. The van der Waals surface area contributed by atoms with Crippen LogP contribution in [0.4, 0.5) is 0 Å². The Labute approximate surface area is 125 Å². The van der Waals surface area contributed by atoms with E-state index >= 15 is 0 Å². The van der Waals surface area contributed by atoms with Crippen LogP contribution in [-0.2, 0) is 0 Å². The van der Waals surface area contributed by atoms with Gasteiger partial charge in [-0.1, -0.05) is 35.9 Å². The first-order chi connectivity index (χ1) is 10.1. The standard InChI is InChI=1S/C16H11ClN2O2/c17-11-7-5-10(6-8-11)13-9-14(19-16(21)18-13)12-3-1-2-4-15(12)20/h1-9,20H,(H,18,19,21). The molecule has 0 fully saturated rings. The summed E-state index contributed by atoms with van der Waals surface area (Å²) in [6.07, 6.45) is 0. The van der Waals surface area contributed by atoms with E-state index in [9.17, 15) is 9.90 Å². The Morgan fingerprint density at radius 1 is 1.05 bits per heavy atom. The van der Waals surface area contributed by atoms with Crippen molar-refractivity contribution in [3.05, 3.63) is 70.1 Å². The number of benzene rings is 2. The van der Waals surface area contributed by atoms with E-state index in [0.29, 0.717) is 22.0 Å². The predicted molar refractivity (Wildman–Crippen MR) is 82.4 cm³/mol. The van der Waals surface area contributed by atoms with E-state index in [1.54, 1.807) is 54.6 Å². The van der Waals surface area contributed by atoms with Gasteiger partial charge in [-0.3, -0.25) is 0 Å². The fraction of sp³-hybridized carbons (Fsp3) is 0. The van der Waals surface area contributed by atoms with Crippen molar-refractivity contribution in [1.29, 1.82) is 0 Å². The maximum absolute atomic E-state index is 11.8. The summed E-state index contributed by atoms with van der Waals surface area (Å²) in [5, 5.41) is 10.5. The van der Waals surface area contributed by atoms with Gasteiger partial charge in [0.1, 0.15) is 5.75 Å². The van der Waals surface area contributed by atoms with Crippen molar-refractivity contribution in [1.82, 2.24) is 9.97 Å². The van der Waals surface area contributed by atoms with Crippen molar-refractivity contribution in [2.45, 2.75) is 0 Å². The Morgan fingerprint density at radius 3 is 2.48 bits per heavy atom. The lowest BCUT2D eigenvalue weighted by molar-refractivity contribution is 0.477. The SMILES string of the molecule is O=c1nc(-c2ccc(Cl)cc2)cc(-c2ccccc2O)[nH]1. The van der Waals surface area contributed by atoms with Gasteiger partial charge < -0.3 is 10.1 Å². The number of nitrogens with one attached hydrogen (secondary N) is 1. The van der Waals surface area contributed by atoms with E-state index in [0.717, 1.165) is 5.56 Å². The van der Waals surface area contributed by atoms with Gasteiger partial charge in [0, 0.05) is 16.1 Å². The third-order valence-corrected chi connectivity index (χ3v) is 3.33. The molecule has 21 heavy (non-hydrogen) atoms. The van der Waals surface area contributed by atoms with Crippen molar-refractivity contribution in [3.63, 3.8) is 0 Å². The smallest absolute Gasteiger partial charge is 0.345 e. The number of phenolic OH excluding ortho intramolecular Hbond substituents is 1. The van der Waals surface area contributed by atoms with Crippen LogP contribution in [0, 0.1) is 0 Å². The zero-order valence-electron chi connectivity index (χ0n) is 10.9. The number of hydrogen-bond acceptors (Lipinski definition) is 3. The fourth-order valence-corrected chi connectivity index (χ4v) is 2.20. The highest BCUT2D eigenvalue weighted by molar-refractivity contribution is 6.30. The molecule has 1 aromatic heterocycles. The number of phenols is 1. The zero-order chi connectivity index (χ0) is 14.8. The van der Waals surface area contributed by atoms with Crippen LogP contribution >= 0.6 is 11.6 Å². The Morgan fingerprint density at radius 2 is 1.76 bits per heavy atom. The molecule has 3 rings (SSSR count). The average molecular weight is 299 g/mol. The molecular weight excluding hydrogens is 288 g/mol. The number of aromatic hydroxyl groups is 1. The topological polar surface area (TPSA) is 66.0 Å². The summed E-state index contributed by atoms with van der Waals surface area (Å²) in [5.74, 6) is 0.0985. The molecule has 3 aromatic rings. The number of aromatic amines is 1. The van der Waals surface area contributed by atoms with Crippen LogP contribution in [0.15, 0.2) is 59.4 Å². The molecular formula is C16H11ClN2O2. The Hall–Kier alpha value is -2.59. The Balaban J connectivity index is 2.15. The first-order valence-electron chi connectivity index (χ1n) is 6.29. The molecule has 0 aliphatic carbocycles. The highest BCUT2D eigenvalue weighted by Gasteiger charge is 2.08. The van der Waals surface area contributed by atoms with E-state index in [1.807, 2.05) is 0 Å². The van der Waals surface area contributed by atoms with Crippen LogP contribution in [0.3, 0.4) is 0 Å². The number of para-hydroxylation sites is 1. The molecule has 4 nitrogen and oxygen atoms in total. The fourth-order valence-electron chi connectivity index (χ4n) is 2.07. The molecule has 0 saturated carbocycles. The van der Waals surface area contributed by atoms with Gasteiger partial charge in [0.2, 0.25) is 0 Å². The predicted octanol–water partition coefficient (Wildman–Crippen LogP) is 3.46. The zero-order valence-corrected chi connectivity index (χ0v) is 11.6. The van der Waals surface area contributed by atoms with Crippen molar-refractivity contribution >= 4 is 11.6 Å². The minimum Gasteiger partial charge on any atom is -0.507 e. The second-order valence-electron chi connectivity index (χ2n) is 4.51. The second kappa shape index (κ2) is 5.42. The summed E-state index contributed by atoms with van der Waals surface area (Å²) in [5.41, 5.74) is 1.89. The highest BCUT2D eigenvalue weighted by Crippen LogP contribution is 2.28. The molecule has 104 valence electrons. The van der Waals surface area contributed by atoms with E-state index < -0.39 is 5.69 Å². The van der Waals surface area contributed by atoms with Gasteiger partial charge in [-0.2, -0.15) is 4.98 Å². The summed E-state index contributed by atoms with van der Waals surface area (Å²) in [6, 6.07) is 15.6. The third-order valence-electron chi connectivity index (χ3n) is 3.08. The van der Waals surface area contributed by atoms with Crippen LogP contribution in [-0.4, -0.2) is 15.1 Å². The monoisotopic (exact) mass is 298 g/mol. The van der Waals surface area contributed by atoms with E-state index in [1.165, 1.54) is 0 Å². The number of nitrogens with zero attached hydrogens (tertiary/aromatic N) is 1.